The number of hydrogen-bond donors (Lipinski definition) is 2. The van der Waals surface area contributed by atoms with Crippen molar-refractivity contribution in [2.45, 2.75) is 28.8 Å². The molecule has 3 heterocycles. The molecule has 7 atom stereocenters. The molecule has 2 aliphatic heterocycles. The van der Waals surface area contributed by atoms with Gasteiger partial charge in [0.2, 0.25) is 11.8 Å². The van der Waals surface area contributed by atoms with Crippen molar-refractivity contribution < 1.29 is 41.8 Å². The van der Waals surface area contributed by atoms with Crippen LogP contribution in [-0.4, -0.2) is 48.8 Å². The minimum Gasteiger partial charge on any atom is -0.497 e. The van der Waals surface area contributed by atoms with Crippen molar-refractivity contribution in [1.29, 1.82) is 0 Å². The zero-order valence-corrected chi connectivity index (χ0v) is 28.7. The molecule has 2 bridgehead atoms. The number of alkyl halides is 3. The first-order valence-corrected chi connectivity index (χ1v) is 17.9. The fourth-order valence-corrected chi connectivity index (χ4v) is 11.4. The second-order valence-electron chi connectivity index (χ2n) is 13.0. The Morgan fingerprint density at radius 2 is 1.67 bits per heavy atom. The lowest BCUT2D eigenvalue weighted by molar-refractivity contribution is -0.137. The van der Waals surface area contributed by atoms with Crippen molar-refractivity contribution in [2.24, 2.45) is 29.6 Å². The zero-order chi connectivity index (χ0) is 35.8. The van der Waals surface area contributed by atoms with Gasteiger partial charge in [0.05, 0.1) is 42.3 Å². The van der Waals surface area contributed by atoms with E-state index in [9.17, 15) is 32.3 Å². The number of methoxy groups -OCH3 is 2. The summed E-state index contributed by atoms with van der Waals surface area (Å²) in [5.41, 5.74) is -0.117. The van der Waals surface area contributed by atoms with E-state index in [0.29, 0.717) is 34.4 Å². The minimum absolute atomic E-state index is 0.169. The number of nitrogens with one attached hydrogen (secondary N) is 2. The van der Waals surface area contributed by atoms with E-state index in [0.717, 1.165) is 32.7 Å². The number of fused-ring (bicyclic) bond motifs is 9. The summed E-state index contributed by atoms with van der Waals surface area (Å²) in [5, 5.41) is 3.28. The van der Waals surface area contributed by atoms with Gasteiger partial charge in [-0.2, -0.15) is 13.2 Å². The Bertz CT molecular complexity index is 2120. The molecule has 4 aliphatic rings. The number of thiazole rings is 1. The Kier molecular flexibility index (Phi) is 8.17. The molecule has 0 spiro atoms. The molecule has 10 nitrogen and oxygen atoms in total. The molecule has 264 valence electrons. The lowest BCUT2D eigenvalue weighted by atomic mass is 9.68. The summed E-state index contributed by atoms with van der Waals surface area (Å²) in [6, 6.07) is 16.9. The summed E-state index contributed by atoms with van der Waals surface area (Å²) >= 11 is 2.56. The van der Waals surface area contributed by atoms with Crippen molar-refractivity contribution in [3.05, 3.63) is 92.4 Å². The number of benzene rings is 3. The molecule has 1 saturated heterocycles. The maximum atomic E-state index is 14.1. The normalized spacial score (nSPS) is 26.1. The fraction of sp³-hybridized carbons (Fsp3) is 0.333. The van der Waals surface area contributed by atoms with E-state index in [1.165, 1.54) is 37.1 Å². The van der Waals surface area contributed by atoms with E-state index in [-0.39, 0.29) is 46.3 Å². The Morgan fingerprint density at radius 3 is 2.37 bits per heavy atom. The van der Waals surface area contributed by atoms with Crippen LogP contribution in [0.1, 0.15) is 28.3 Å². The number of aromatic amines is 1. The van der Waals surface area contributed by atoms with Crippen LogP contribution in [-0.2, 0) is 20.6 Å². The predicted octanol–water partition coefficient (Wildman–Crippen LogP) is 6.17. The predicted molar refractivity (Wildman–Crippen MR) is 183 cm³/mol. The van der Waals surface area contributed by atoms with E-state index >= 15 is 0 Å². The number of ether oxygens (including phenoxy) is 3. The number of aromatic nitrogens is 1. The number of imide groups is 1. The molecule has 15 heteroatoms. The Morgan fingerprint density at radius 1 is 0.941 bits per heavy atom. The maximum absolute atomic E-state index is 14.1. The van der Waals surface area contributed by atoms with Crippen molar-refractivity contribution in [3.63, 3.8) is 0 Å². The smallest absolute Gasteiger partial charge is 0.418 e. The van der Waals surface area contributed by atoms with Gasteiger partial charge in [0.25, 0.3) is 5.91 Å². The topological polar surface area (TPSA) is 127 Å². The average molecular weight is 738 g/mol. The number of hydrogen-bond acceptors (Lipinski definition) is 9. The largest absolute Gasteiger partial charge is 0.497 e. The van der Waals surface area contributed by atoms with Gasteiger partial charge in [0.15, 0.2) is 18.1 Å². The first kappa shape index (κ1) is 33.4. The third-order valence-corrected chi connectivity index (χ3v) is 13.0. The van der Waals surface area contributed by atoms with E-state index < -0.39 is 41.1 Å². The number of halogens is 3. The zero-order valence-electron chi connectivity index (χ0n) is 27.1. The first-order valence-electron chi connectivity index (χ1n) is 16.2. The number of carbonyl (C=O) groups is 3. The SMILES string of the molecule is COc1ccc(NC(=O)COc2ccc([C@H]3c4sc(=O)[nH]c4SC4C3[C@H]3C[C@@H]4C4C(=O)N(c5ccccc5C(F)(F)F)C(=O)C43)cc2OC)cc1. The van der Waals surface area contributed by atoms with Gasteiger partial charge in [-0.3, -0.25) is 19.2 Å². The molecule has 2 saturated carbocycles. The Balaban J connectivity index is 1.09. The quantitative estimate of drug-likeness (QED) is 0.206. The monoisotopic (exact) mass is 737 g/mol. The minimum atomic E-state index is -4.75. The molecule has 4 unspecified atom stereocenters. The number of para-hydroxylation sites is 1. The number of H-pyrrole nitrogens is 1. The summed E-state index contributed by atoms with van der Waals surface area (Å²) in [4.78, 5) is 57.6. The average Bonchev–Trinajstić information content (AvgIpc) is 3.85. The van der Waals surface area contributed by atoms with Gasteiger partial charge in [-0.25, -0.2) is 4.90 Å². The third-order valence-electron chi connectivity index (χ3n) is 10.5. The number of anilines is 2. The van der Waals surface area contributed by atoms with Gasteiger partial charge in [-0.15, -0.1) is 11.8 Å². The van der Waals surface area contributed by atoms with E-state index in [1.807, 2.05) is 6.07 Å². The van der Waals surface area contributed by atoms with Crippen molar-refractivity contribution in [1.82, 2.24) is 4.98 Å². The van der Waals surface area contributed by atoms with Crippen LogP contribution in [0.2, 0.25) is 0 Å². The Hall–Kier alpha value is -4.76. The molecule has 3 fully saturated rings. The van der Waals surface area contributed by atoms with Gasteiger partial charge < -0.3 is 24.5 Å². The summed E-state index contributed by atoms with van der Waals surface area (Å²) in [7, 11) is 3.02. The highest BCUT2D eigenvalue weighted by Crippen LogP contribution is 2.69. The van der Waals surface area contributed by atoms with Crippen LogP contribution in [0.4, 0.5) is 24.5 Å². The lowest BCUT2D eigenvalue weighted by Gasteiger charge is -2.43. The Labute approximate surface area is 297 Å². The van der Waals surface area contributed by atoms with Crippen molar-refractivity contribution in [3.8, 4) is 17.2 Å². The maximum Gasteiger partial charge on any atom is 0.418 e. The van der Waals surface area contributed by atoms with Gasteiger partial charge in [-0.1, -0.05) is 29.5 Å². The number of rotatable bonds is 8. The van der Waals surface area contributed by atoms with Gasteiger partial charge in [0.1, 0.15) is 5.75 Å². The molecule has 0 radical (unpaired) electrons. The van der Waals surface area contributed by atoms with Gasteiger partial charge in [-0.05, 0) is 78.3 Å². The van der Waals surface area contributed by atoms with E-state index in [4.69, 9.17) is 14.2 Å². The summed E-state index contributed by atoms with van der Waals surface area (Å²) in [6.07, 6.45) is -4.18. The molecule has 8 rings (SSSR count). The van der Waals surface area contributed by atoms with Gasteiger partial charge >= 0.3 is 11.0 Å². The second-order valence-corrected chi connectivity index (χ2v) is 15.2. The molecule has 51 heavy (non-hydrogen) atoms. The molecule has 3 amide bonds. The molecule has 2 aliphatic carbocycles. The molecular weight excluding hydrogens is 708 g/mol. The van der Waals surface area contributed by atoms with Crippen LogP contribution in [0, 0.1) is 29.6 Å². The highest BCUT2D eigenvalue weighted by molar-refractivity contribution is 8.00. The van der Waals surface area contributed by atoms with Crippen molar-refractivity contribution in [2.75, 3.05) is 31.0 Å². The highest BCUT2D eigenvalue weighted by atomic mass is 32.2. The molecule has 4 aromatic rings. The standard InChI is InChI=1S/C36H30F3N3O7S2/c1-47-18-10-8-17(9-11-18)40-25(43)15-49-23-12-7-16(13-24(23)48-2)26-27-19-14-20(30(27)50-32-31(26)51-35(46)41-32)29-28(19)33(44)42(34(29)45)22-6-4-3-5-21(22)36(37,38)39/h3-13,19-20,26-30H,14-15H2,1-2H3,(H,40,43)(H,41,46)/t19-,20-,26-,27?,28?,29?,30?/m1/s1. The summed E-state index contributed by atoms with van der Waals surface area (Å²) in [6.45, 7) is -0.299. The van der Waals surface area contributed by atoms with Gasteiger partial charge in [0, 0.05) is 21.7 Å². The fourth-order valence-electron chi connectivity index (χ4n) is 8.55. The third kappa shape index (κ3) is 5.48. The first-order chi connectivity index (χ1) is 24.5. The van der Waals surface area contributed by atoms with Crippen LogP contribution < -0.4 is 29.3 Å². The van der Waals surface area contributed by atoms with Crippen LogP contribution in [0.15, 0.2) is 76.6 Å². The highest BCUT2D eigenvalue weighted by Gasteiger charge is 2.70. The molecule has 1 aromatic heterocycles. The van der Waals surface area contributed by atoms with Crippen molar-refractivity contribution >= 4 is 52.2 Å². The summed E-state index contributed by atoms with van der Waals surface area (Å²) in [5.74, 6) is -2.96. The molecule has 2 N–H and O–H groups in total. The summed E-state index contributed by atoms with van der Waals surface area (Å²) < 4.78 is 58.7. The molecular formula is C36H30F3N3O7S2. The molecule has 3 aromatic carbocycles. The second kappa shape index (κ2) is 12.5. The van der Waals surface area contributed by atoms with Crippen LogP contribution in [0.5, 0.6) is 17.2 Å². The number of nitrogens with zero attached hydrogens (tertiary/aromatic N) is 1. The lowest BCUT2D eigenvalue weighted by Crippen LogP contribution is -2.42. The van der Waals surface area contributed by atoms with E-state index in [2.05, 4.69) is 10.3 Å². The van der Waals surface area contributed by atoms with Crippen LogP contribution in [0.25, 0.3) is 0 Å². The van der Waals surface area contributed by atoms with E-state index in [1.54, 1.807) is 43.5 Å². The van der Waals surface area contributed by atoms with Crippen LogP contribution >= 0.6 is 23.1 Å². The number of thioether (sulfide) groups is 1. The number of carbonyl (C=O) groups excluding carboxylic acids is 3. The number of amides is 3. The van der Waals surface area contributed by atoms with Crippen LogP contribution in [0.3, 0.4) is 0 Å².